The molecule has 0 saturated carbocycles. The average Bonchev–Trinajstić information content (AvgIpc) is 2.69. The van der Waals surface area contributed by atoms with Crippen LogP contribution in [0.25, 0.3) is 0 Å². The zero-order chi connectivity index (χ0) is 20.9. The topological polar surface area (TPSA) is 97.4 Å². The number of nitrogens with one attached hydrogen (secondary N) is 2. The number of hydrogen-bond acceptors (Lipinski definition) is 5. The Bertz CT molecular complexity index is 1100. The summed E-state index contributed by atoms with van der Waals surface area (Å²) in [5, 5.41) is 2.71. The van der Waals surface area contributed by atoms with Gasteiger partial charge in [-0.3, -0.25) is 9.52 Å². The second kappa shape index (κ2) is 8.74. The number of sulfonamides is 1. The molecule has 3 rings (SSSR count). The Kier molecular flexibility index (Phi) is 6.13. The Morgan fingerprint density at radius 1 is 1.03 bits per heavy atom. The van der Waals surface area contributed by atoms with Crippen molar-refractivity contribution in [1.29, 1.82) is 0 Å². The van der Waals surface area contributed by atoms with Crippen molar-refractivity contribution < 1.29 is 17.9 Å². The molecule has 0 spiro atoms. The van der Waals surface area contributed by atoms with Gasteiger partial charge in [0.2, 0.25) is 0 Å². The molecule has 2 aromatic carbocycles. The molecule has 1 heterocycles. The van der Waals surface area contributed by atoms with E-state index in [0.29, 0.717) is 29.4 Å². The van der Waals surface area contributed by atoms with E-state index in [0.717, 1.165) is 5.56 Å². The number of ether oxygens (including phenoxy) is 1. The summed E-state index contributed by atoms with van der Waals surface area (Å²) in [6.07, 6.45) is 1.61. The van der Waals surface area contributed by atoms with Crippen LogP contribution in [-0.2, 0) is 10.0 Å². The number of amides is 1. The van der Waals surface area contributed by atoms with Gasteiger partial charge in [0.05, 0.1) is 11.5 Å². The van der Waals surface area contributed by atoms with E-state index in [9.17, 15) is 13.2 Å². The number of aryl methyl sites for hydroxylation is 1. The Hall–Kier alpha value is -3.39. The summed E-state index contributed by atoms with van der Waals surface area (Å²) in [7, 11) is -3.75. The van der Waals surface area contributed by atoms with Gasteiger partial charge >= 0.3 is 0 Å². The van der Waals surface area contributed by atoms with E-state index >= 15 is 0 Å². The van der Waals surface area contributed by atoms with Crippen molar-refractivity contribution in [2.45, 2.75) is 18.7 Å². The van der Waals surface area contributed by atoms with Crippen molar-refractivity contribution in [3.8, 4) is 5.75 Å². The lowest BCUT2D eigenvalue weighted by Crippen LogP contribution is -2.14. The van der Waals surface area contributed by atoms with Crippen LogP contribution >= 0.6 is 0 Å². The fraction of sp³-hybridized carbons (Fsp3) is 0.143. The molecular formula is C21H21N3O4S. The van der Waals surface area contributed by atoms with Crippen LogP contribution in [0.3, 0.4) is 0 Å². The van der Waals surface area contributed by atoms with E-state index < -0.39 is 10.0 Å². The van der Waals surface area contributed by atoms with Crippen LogP contribution in [0.4, 0.5) is 11.5 Å². The lowest BCUT2D eigenvalue weighted by Gasteiger charge is -2.10. The van der Waals surface area contributed by atoms with Crippen LogP contribution in [0, 0.1) is 6.92 Å². The third-order valence-corrected chi connectivity index (χ3v) is 5.40. The second-order valence-corrected chi connectivity index (χ2v) is 7.94. The van der Waals surface area contributed by atoms with Gasteiger partial charge in [-0.1, -0.05) is 0 Å². The smallest absolute Gasteiger partial charge is 0.261 e. The normalized spacial score (nSPS) is 11.0. The van der Waals surface area contributed by atoms with E-state index in [1.54, 1.807) is 36.5 Å². The maximum Gasteiger partial charge on any atom is 0.261 e. The summed E-state index contributed by atoms with van der Waals surface area (Å²) in [6.45, 7) is 4.26. The molecule has 0 unspecified atom stereocenters. The first kappa shape index (κ1) is 20.3. The molecule has 0 radical (unpaired) electrons. The minimum atomic E-state index is -3.75. The average molecular weight is 411 g/mol. The Balaban J connectivity index is 1.68. The third kappa shape index (κ3) is 5.32. The fourth-order valence-corrected chi connectivity index (χ4v) is 3.64. The quantitative estimate of drug-likeness (QED) is 0.616. The van der Waals surface area contributed by atoms with Gasteiger partial charge in [0.25, 0.3) is 15.9 Å². The number of rotatable bonds is 7. The van der Waals surface area contributed by atoms with Crippen LogP contribution in [0.5, 0.6) is 5.75 Å². The predicted molar refractivity (Wildman–Crippen MR) is 112 cm³/mol. The SMILES string of the molecule is CCOc1ccc(S(=O)(=O)Nc2ccc(C(=O)Nc3cc(C)ccn3)cc2)cc1. The standard InChI is InChI=1S/C21H21N3O4S/c1-3-28-18-8-10-19(11-9-18)29(26,27)24-17-6-4-16(5-7-17)21(25)23-20-14-15(2)12-13-22-20/h4-14,24H,3H2,1-2H3,(H,22,23,25). The Morgan fingerprint density at radius 3 is 2.34 bits per heavy atom. The summed E-state index contributed by atoms with van der Waals surface area (Å²) in [5.41, 5.74) is 1.72. The van der Waals surface area contributed by atoms with Crippen molar-refractivity contribution in [2.75, 3.05) is 16.6 Å². The number of benzene rings is 2. The molecule has 0 bridgehead atoms. The summed E-state index contributed by atoms with van der Waals surface area (Å²) in [4.78, 5) is 16.5. The maximum absolute atomic E-state index is 12.5. The van der Waals surface area contributed by atoms with E-state index in [2.05, 4.69) is 15.0 Å². The number of pyridine rings is 1. The lowest BCUT2D eigenvalue weighted by molar-refractivity contribution is 0.102. The molecule has 8 heteroatoms. The Morgan fingerprint density at radius 2 is 1.72 bits per heavy atom. The molecule has 0 aliphatic rings. The van der Waals surface area contributed by atoms with E-state index in [1.165, 1.54) is 24.3 Å². The highest BCUT2D eigenvalue weighted by molar-refractivity contribution is 7.92. The second-order valence-electron chi connectivity index (χ2n) is 6.26. The molecule has 1 amide bonds. The summed E-state index contributed by atoms with van der Waals surface area (Å²) < 4.78 is 32.9. The highest BCUT2D eigenvalue weighted by atomic mass is 32.2. The van der Waals surface area contributed by atoms with E-state index in [-0.39, 0.29) is 10.8 Å². The molecule has 3 aromatic rings. The summed E-state index contributed by atoms with van der Waals surface area (Å²) in [5.74, 6) is 0.726. The highest BCUT2D eigenvalue weighted by Crippen LogP contribution is 2.20. The summed E-state index contributed by atoms with van der Waals surface area (Å²) in [6, 6.07) is 15.9. The van der Waals surface area contributed by atoms with Gasteiger partial charge in [0.1, 0.15) is 11.6 Å². The number of nitrogens with zero attached hydrogens (tertiary/aromatic N) is 1. The first-order valence-corrected chi connectivity index (χ1v) is 10.5. The van der Waals surface area contributed by atoms with Crippen molar-refractivity contribution in [3.05, 3.63) is 78.0 Å². The number of hydrogen-bond donors (Lipinski definition) is 2. The van der Waals surface area contributed by atoms with Crippen molar-refractivity contribution in [1.82, 2.24) is 4.98 Å². The number of carbonyl (C=O) groups is 1. The third-order valence-electron chi connectivity index (χ3n) is 4.00. The van der Waals surface area contributed by atoms with Gasteiger partial charge in [-0.25, -0.2) is 13.4 Å². The van der Waals surface area contributed by atoms with Gasteiger partial charge in [-0.2, -0.15) is 0 Å². The predicted octanol–water partition coefficient (Wildman–Crippen LogP) is 3.84. The van der Waals surface area contributed by atoms with Gasteiger partial charge in [0, 0.05) is 17.4 Å². The fourth-order valence-electron chi connectivity index (χ4n) is 2.58. The molecule has 0 fully saturated rings. The maximum atomic E-state index is 12.5. The minimum Gasteiger partial charge on any atom is -0.494 e. The summed E-state index contributed by atoms with van der Waals surface area (Å²) >= 11 is 0. The molecule has 1 aromatic heterocycles. The van der Waals surface area contributed by atoms with Crippen LogP contribution < -0.4 is 14.8 Å². The number of anilines is 2. The first-order chi connectivity index (χ1) is 13.9. The van der Waals surface area contributed by atoms with Crippen LogP contribution in [0.2, 0.25) is 0 Å². The van der Waals surface area contributed by atoms with E-state index in [1.807, 2.05) is 19.9 Å². The monoisotopic (exact) mass is 411 g/mol. The van der Waals surface area contributed by atoms with Gasteiger partial charge in [0.15, 0.2) is 0 Å². The molecule has 0 aliphatic carbocycles. The molecule has 7 nitrogen and oxygen atoms in total. The van der Waals surface area contributed by atoms with Gasteiger partial charge < -0.3 is 10.1 Å². The van der Waals surface area contributed by atoms with Crippen LogP contribution in [-0.4, -0.2) is 25.9 Å². The van der Waals surface area contributed by atoms with Gasteiger partial charge in [-0.05, 0) is 80.1 Å². The zero-order valence-corrected chi connectivity index (χ0v) is 16.9. The van der Waals surface area contributed by atoms with Gasteiger partial charge in [-0.15, -0.1) is 0 Å². The van der Waals surface area contributed by atoms with Crippen LogP contribution in [0.15, 0.2) is 71.8 Å². The lowest BCUT2D eigenvalue weighted by atomic mass is 10.2. The van der Waals surface area contributed by atoms with Crippen molar-refractivity contribution >= 4 is 27.4 Å². The number of carbonyl (C=O) groups excluding carboxylic acids is 1. The van der Waals surface area contributed by atoms with Crippen molar-refractivity contribution in [3.63, 3.8) is 0 Å². The first-order valence-electron chi connectivity index (χ1n) is 8.97. The largest absolute Gasteiger partial charge is 0.494 e. The molecule has 0 atom stereocenters. The molecule has 2 N–H and O–H groups in total. The highest BCUT2D eigenvalue weighted by Gasteiger charge is 2.15. The minimum absolute atomic E-state index is 0.119. The molecule has 0 saturated heterocycles. The zero-order valence-electron chi connectivity index (χ0n) is 16.0. The van der Waals surface area contributed by atoms with E-state index in [4.69, 9.17) is 4.74 Å². The number of aromatic nitrogens is 1. The van der Waals surface area contributed by atoms with Crippen molar-refractivity contribution in [2.24, 2.45) is 0 Å². The molecular weight excluding hydrogens is 390 g/mol. The Labute approximate surface area is 169 Å². The molecule has 29 heavy (non-hydrogen) atoms. The molecule has 0 aliphatic heterocycles. The van der Waals surface area contributed by atoms with Crippen LogP contribution in [0.1, 0.15) is 22.8 Å². The molecule has 150 valence electrons.